The largest absolute Gasteiger partial charge is 0.338 e. The topological polar surface area (TPSA) is 50.2 Å². The monoisotopic (exact) mass is 336 g/mol. The highest BCUT2D eigenvalue weighted by atomic mass is 32.2. The molecule has 2 aliphatic heterocycles. The first-order chi connectivity index (χ1) is 11.0. The van der Waals surface area contributed by atoms with Crippen molar-refractivity contribution in [3.63, 3.8) is 0 Å². The number of amides is 1. The zero-order valence-corrected chi connectivity index (χ0v) is 15.4. The smallest absolute Gasteiger partial charge is 0.223 e. The normalized spacial score (nSPS) is 28.6. The molecule has 1 N–H and O–H groups in total. The predicted octanol–water partition coefficient (Wildman–Crippen LogP) is 2.04. The van der Waals surface area contributed by atoms with Crippen LogP contribution in [-0.2, 0) is 11.8 Å². The maximum atomic E-state index is 12.3. The molecular weight excluding hydrogens is 308 g/mol. The number of rotatable bonds is 4. The molecule has 5 nitrogen and oxygen atoms in total. The summed E-state index contributed by atoms with van der Waals surface area (Å²) in [5.74, 6) is 3.08. The molecule has 3 heterocycles. The van der Waals surface area contributed by atoms with Crippen LogP contribution in [-0.4, -0.2) is 51.7 Å². The Labute approximate surface area is 143 Å². The van der Waals surface area contributed by atoms with Crippen LogP contribution in [0.2, 0.25) is 0 Å². The third kappa shape index (κ3) is 3.29. The van der Waals surface area contributed by atoms with Crippen LogP contribution in [0.4, 0.5) is 0 Å². The Kier molecular flexibility index (Phi) is 5.01. The van der Waals surface area contributed by atoms with Gasteiger partial charge in [0.1, 0.15) is 0 Å². The quantitative estimate of drug-likeness (QED) is 0.914. The van der Waals surface area contributed by atoms with Gasteiger partial charge in [-0.3, -0.25) is 9.48 Å². The molecule has 0 bridgehead atoms. The molecule has 2 aliphatic rings. The summed E-state index contributed by atoms with van der Waals surface area (Å²) in [5, 5.41) is 8.28. The van der Waals surface area contributed by atoms with Crippen molar-refractivity contribution in [3.05, 3.63) is 17.0 Å². The van der Waals surface area contributed by atoms with Gasteiger partial charge in [-0.25, -0.2) is 0 Å². The second-order valence-electron chi connectivity index (χ2n) is 6.94. The van der Waals surface area contributed by atoms with E-state index in [2.05, 4.69) is 24.3 Å². The second-order valence-corrected chi connectivity index (χ2v) is 8.09. The number of hydrogen-bond donors (Lipinski definition) is 1. The summed E-state index contributed by atoms with van der Waals surface area (Å²) in [6.07, 6.45) is 3.21. The Morgan fingerprint density at radius 3 is 2.74 bits per heavy atom. The maximum Gasteiger partial charge on any atom is 0.223 e. The molecule has 0 spiro atoms. The minimum atomic E-state index is 0.153. The van der Waals surface area contributed by atoms with Gasteiger partial charge < -0.3 is 10.2 Å². The molecule has 3 atom stereocenters. The van der Waals surface area contributed by atoms with Gasteiger partial charge in [-0.2, -0.15) is 16.9 Å². The number of aromatic nitrogens is 2. The van der Waals surface area contributed by atoms with Crippen molar-refractivity contribution in [2.75, 3.05) is 25.1 Å². The molecule has 1 amide bonds. The Bertz CT molecular complexity index is 579. The van der Waals surface area contributed by atoms with Crippen LogP contribution >= 0.6 is 11.8 Å². The van der Waals surface area contributed by atoms with Crippen LogP contribution in [0.3, 0.4) is 0 Å². The molecule has 2 fully saturated rings. The lowest BCUT2D eigenvalue weighted by molar-refractivity contribution is -0.127. The number of hydrogen-bond acceptors (Lipinski definition) is 4. The second kappa shape index (κ2) is 6.85. The predicted molar refractivity (Wildman–Crippen MR) is 94.6 cm³/mol. The van der Waals surface area contributed by atoms with Crippen LogP contribution < -0.4 is 5.32 Å². The Balaban J connectivity index is 1.76. The Morgan fingerprint density at radius 1 is 1.35 bits per heavy atom. The number of thioether (sulfide) groups is 1. The molecule has 1 aromatic rings. The van der Waals surface area contributed by atoms with Crippen LogP contribution in [0, 0.1) is 19.8 Å². The van der Waals surface area contributed by atoms with Gasteiger partial charge in [0, 0.05) is 56.0 Å². The van der Waals surface area contributed by atoms with E-state index in [1.807, 2.05) is 35.4 Å². The standard InChI is InChI=1S/C17H28N4OS/c1-11-16(12(2)21(4)19-11)17-13(8-15(22)20(17)3)9-18-14-6-5-7-23-10-14/h13-14,17-18H,5-10H2,1-4H3/t13-,14?,17+/m0/s1. The fourth-order valence-corrected chi connectivity index (χ4v) is 5.11. The fraction of sp³-hybridized carbons (Fsp3) is 0.765. The number of nitrogens with one attached hydrogen (secondary N) is 1. The number of likely N-dealkylation sites (tertiary alicyclic amines) is 1. The Morgan fingerprint density at radius 2 is 2.13 bits per heavy atom. The first kappa shape index (κ1) is 16.8. The third-order valence-electron chi connectivity index (χ3n) is 5.38. The van der Waals surface area contributed by atoms with Crippen LogP contribution in [0.15, 0.2) is 0 Å². The van der Waals surface area contributed by atoms with E-state index in [1.165, 1.54) is 35.6 Å². The van der Waals surface area contributed by atoms with Crippen LogP contribution in [0.5, 0.6) is 0 Å². The molecule has 1 unspecified atom stereocenters. The number of nitrogens with zero attached hydrogens (tertiary/aromatic N) is 3. The van der Waals surface area contributed by atoms with Crippen LogP contribution in [0.25, 0.3) is 0 Å². The van der Waals surface area contributed by atoms with E-state index < -0.39 is 0 Å². The van der Waals surface area contributed by atoms with E-state index in [9.17, 15) is 4.79 Å². The fourth-order valence-electron chi connectivity index (χ4n) is 4.00. The number of aryl methyl sites for hydroxylation is 2. The molecule has 128 valence electrons. The Hall–Kier alpha value is -1.01. The van der Waals surface area contributed by atoms with Gasteiger partial charge in [-0.1, -0.05) is 0 Å². The lowest BCUT2D eigenvalue weighted by atomic mass is 9.92. The van der Waals surface area contributed by atoms with Crippen LogP contribution in [0.1, 0.15) is 42.3 Å². The molecule has 6 heteroatoms. The number of carbonyl (C=O) groups excluding carboxylic acids is 1. The summed E-state index contributed by atoms with van der Waals surface area (Å²) in [7, 11) is 3.92. The highest BCUT2D eigenvalue weighted by molar-refractivity contribution is 7.99. The summed E-state index contributed by atoms with van der Waals surface area (Å²) in [5.41, 5.74) is 3.47. The van der Waals surface area contributed by atoms with Crippen molar-refractivity contribution in [2.45, 2.75) is 45.2 Å². The van der Waals surface area contributed by atoms with Crippen molar-refractivity contribution < 1.29 is 4.79 Å². The molecule has 3 rings (SSSR count). The van der Waals surface area contributed by atoms with E-state index >= 15 is 0 Å². The zero-order chi connectivity index (χ0) is 16.6. The maximum absolute atomic E-state index is 12.3. The van der Waals surface area contributed by atoms with Gasteiger partial charge in [-0.15, -0.1) is 0 Å². The average molecular weight is 337 g/mol. The van der Waals surface area contributed by atoms with E-state index in [-0.39, 0.29) is 11.9 Å². The van der Waals surface area contributed by atoms with Crippen molar-refractivity contribution in [2.24, 2.45) is 13.0 Å². The summed E-state index contributed by atoms with van der Waals surface area (Å²) in [6, 6.07) is 0.756. The summed E-state index contributed by atoms with van der Waals surface area (Å²) >= 11 is 2.04. The minimum absolute atomic E-state index is 0.153. The van der Waals surface area contributed by atoms with Gasteiger partial charge in [0.15, 0.2) is 0 Å². The van der Waals surface area contributed by atoms with Crippen molar-refractivity contribution in [1.82, 2.24) is 20.0 Å². The van der Waals surface area contributed by atoms with Gasteiger partial charge in [-0.05, 0) is 32.4 Å². The van der Waals surface area contributed by atoms with Crippen molar-refractivity contribution >= 4 is 17.7 Å². The summed E-state index contributed by atoms with van der Waals surface area (Å²) in [6.45, 7) is 5.08. The molecule has 0 aromatic carbocycles. The third-order valence-corrected chi connectivity index (χ3v) is 6.60. The molecule has 0 aliphatic carbocycles. The van der Waals surface area contributed by atoms with E-state index in [4.69, 9.17) is 0 Å². The molecule has 23 heavy (non-hydrogen) atoms. The lowest BCUT2D eigenvalue weighted by Gasteiger charge is -2.28. The summed E-state index contributed by atoms with van der Waals surface area (Å²) < 4.78 is 1.93. The molecule has 1 aromatic heterocycles. The van der Waals surface area contributed by atoms with E-state index in [0.717, 1.165) is 12.2 Å². The lowest BCUT2D eigenvalue weighted by Crippen LogP contribution is -2.38. The van der Waals surface area contributed by atoms with Gasteiger partial charge in [0.05, 0.1) is 11.7 Å². The first-order valence-electron chi connectivity index (χ1n) is 8.56. The molecule has 0 saturated carbocycles. The highest BCUT2D eigenvalue weighted by Crippen LogP contribution is 2.39. The van der Waals surface area contributed by atoms with E-state index in [0.29, 0.717) is 18.4 Å². The minimum Gasteiger partial charge on any atom is -0.338 e. The number of carbonyl (C=O) groups is 1. The zero-order valence-electron chi connectivity index (χ0n) is 14.6. The first-order valence-corrected chi connectivity index (χ1v) is 9.71. The molecule has 2 saturated heterocycles. The highest BCUT2D eigenvalue weighted by Gasteiger charge is 2.40. The van der Waals surface area contributed by atoms with Gasteiger partial charge in [0.25, 0.3) is 0 Å². The molecule has 0 radical (unpaired) electrons. The summed E-state index contributed by atoms with van der Waals surface area (Å²) in [4.78, 5) is 14.2. The van der Waals surface area contributed by atoms with Gasteiger partial charge >= 0.3 is 0 Å². The SMILES string of the molecule is Cc1nn(C)c(C)c1[C@H]1[C@H](CNC2CCCSC2)CC(=O)N1C. The van der Waals surface area contributed by atoms with Crippen molar-refractivity contribution in [3.8, 4) is 0 Å². The van der Waals surface area contributed by atoms with E-state index in [1.54, 1.807) is 0 Å². The van der Waals surface area contributed by atoms with Gasteiger partial charge in [0.2, 0.25) is 5.91 Å². The molecular formula is C17H28N4OS. The van der Waals surface area contributed by atoms with Crippen molar-refractivity contribution in [1.29, 1.82) is 0 Å². The average Bonchev–Trinajstić information content (AvgIpc) is 2.95.